The van der Waals surface area contributed by atoms with Crippen LogP contribution in [0.3, 0.4) is 0 Å². The number of anilines is 1. The van der Waals surface area contributed by atoms with E-state index in [4.69, 9.17) is 4.42 Å². The lowest BCUT2D eigenvalue weighted by atomic mass is 10.1. The molecule has 0 unspecified atom stereocenters. The quantitative estimate of drug-likeness (QED) is 0.707. The molecule has 0 aliphatic carbocycles. The molecular weight excluding hydrogens is 340 g/mol. The van der Waals surface area contributed by atoms with Gasteiger partial charge in [0.15, 0.2) is 5.76 Å². The zero-order valence-corrected chi connectivity index (χ0v) is 15.6. The van der Waals surface area contributed by atoms with E-state index in [2.05, 4.69) is 10.6 Å². The van der Waals surface area contributed by atoms with E-state index in [1.165, 1.54) is 0 Å². The number of aryl methyl sites for hydroxylation is 3. The second kappa shape index (κ2) is 7.91. The number of hydrogen-bond donors (Lipinski definition) is 2. The zero-order valence-electron chi connectivity index (χ0n) is 15.6. The molecule has 138 valence electrons. The van der Waals surface area contributed by atoms with Gasteiger partial charge in [0.2, 0.25) is 0 Å². The Hall–Kier alpha value is -3.34. The molecule has 3 rings (SSSR count). The minimum Gasteiger partial charge on any atom is -0.454 e. The van der Waals surface area contributed by atoms with Crippen LogP contribution < -0.4 is 10.6 Å². The van der Waals surface area contributed by atoms with E-state index in [0.717, 1.165) is 16.7 Å². The fourth-order valence-corrected chi connectivity index (χ4v) is 2.58. The Morgan fingerprint density at radius 3 is 2.30 bits per heavy atom. The van der Waals surface area contributed by atoms with E-state index in [1.807, 2.05) is 51.1 Å². The Morgan fingerprint density at radius 2 is 1.59 bits per heavy atom. The molecule has 0 bridgehead atoms. The summed E-state index contributed by atoms with van der Waals surface area (Å²) in [6, 6.07) is 16.3. The van der Waals surface area contributed by atoms with Gasteiger partial charge in [-0.15, -0.1) is 0 Å². The molecule has 3 aromatic rings. The van der Waals surface area contributed by atoms with Crippen LogP contribution in [-0.4, -0.2) is 11.8 Å². The van der Waals surface area contributed by atoms with Crippen molar-refractivity contribution in [2.24, 2.45) is 0 Å². The van der Waals surface area contributed by atoms with Gasteiger partial charge in [-0.3, -0.25) is 9.59 Å². The summed E-state index contributed by atoms with van der Waals surface area (Å²) in [6.07, 6.45) is 0. The van der Waals surface area contributed by atoms with Crippen molar-refractivity contribution in [2.45, 2.75) is 27.3 Å². The maximum atomic E-state index is 12.3. The number of nitrogens with one attached hydrogen (secondary N) is 2. The van der Waals surface area contributed by atoms with Crippen molar-refractivity contribution in [3.05, 3.63) is 88.4 Å². The Bertz CT molecular complexity index is 971. The van der Waals surface area contributed by atoms with Gasteiger partial charge in [0, 0.05) is 11.3 Å². The third kappa shape index (κ3) is 4.64. The van der Waals surface area contributed by atoms with Gasteiger partial charge in [0.1, 0.15) is 5.76 Å². The van der Waals surface area contributed by atoms with Crippen LogP contribution >= 0.6 is 0 Å². The van der Waals surface area contributed by atoms with Gasteiger partial charge < -0.3 is 15.1 Å². The maximum absolute atomic E-state index is 12.3. The van der Waals surface area contributed by atoms with Crippen LogP contribution in [0.25, 0.3) is 0 Å². The van der Waals surface area contributed by atoms with Crippen molar-refractivity contribution < 1.29 is 14.0 Å². The number of carbonyl (C=O) groups is 2. The molecule has 1 heterocycles. The Kier molecular flexibility index (Phi) is 5.41. The van der Waals surface area contributed by atoms with Crippen molar-refractivity contribution in [1.29, 1.82) is 0 Å². The molecule has 0 fully saturated rings. The summed E-state index contributed by atoms with van der Waals surface area (Å²) >= 11 is 0. The predicted molar refractivity (Wildman–Crippen MR) is 105 cm³/mol. The van der Waals surface area contributed by atoms with Gasteiger partial charge in [0.05, 0.1) is 6.54 Å². The van der Waals surface area contributed by atoms with Gasteiger partial charge in [-0.1, -0.05) is 23.8 Å². The molecule has 0 radical (unpaired) electrons. The van der Waals surface area contributed by atoms with Crippen molar-refractivity contribution >= 4 is 17.5 Å². The van der Waals surface area contributed by atoms with E-state index in [-0.39, 0.29) is 24.1 Å². The van der Waals surface area contributed by atoms with Gasteiger partial charge in [0.25, 0.3) is 11.8 Å². The van der Waals surface area contributed by atoms with Crippen LogP contribution in [0.5, 0.6) is 0 Å². The number of hydrogen-bond acceptors (Lipinski definition) is 3. The number of furan rings is 1. The van der Waals surface area contributed by atoms with Crippen molar-refractivity contribution in [1.82, 2.24) is 5.32 Å². The molecule has 5 nitrogen and oxygen atoms in total. The van der Waals surface area contributed by atoms with E-state index in [0.29, 0.717) is 17.0 Å². The van der Waals surface area contributed by atoms with Gasteiger partial charge in [-0.05, 0) is 68.3 Å². The molecule has 27 heavy (non-hydrogen) atoms. The van der Waals surface area contributed by atoms with E-state index in [1.54, 1.807) is 24.3 Å². The topological polar surface area (TPSA) is 71.3 Å². The predicted octanol–water partition coefficient (Wildman–Crippen LogP) is 4.39. The average Bonchev–Trinajstić information content (AvgIpc) is 3.12. The minimum atomic E-state index is -0.325. The summed E-state index contributed by atoms with van der Waals surface area (Å²) < 4.78 is 5.55. The first kappa shape index (κ1) is 18.5. The molecule has 2 amide bonds. The van der Waals surface area contributed by atoms with Gasteiger partial charge in [-0.25, -0.2) is 0 Å². The summed E-state index contributed by atoms with van der Waals surface area (Å²) in [5.41, 5.74) is 4.66. The largest absolute Gasteiger partial charge is 0.454 e. The summed E-state index contributed by atoms with van der Waals surface area (Å²) in [6.45, 7) is 6.19. The fraction of sp³-hybridized carbons (Fsp3) is 0.182. The Labute approximate surface area is 158 Å². The summed E-state index contributed by atoms with van der Waals surface area (Å²) in [4.78, 5) is 24.5. The SMILES string of the molecule is Cc1ccc(C(=O)NCc2ccc(C(=O)Nc3ccc(C)c(C)c3)o2)cc1. The van der Waals surface area contributed by atoms with Crippen LogP contribution in [-0.2, 0) is 6.54 Å². The highest BCUT2D eigenvalue weighted by Crippen LogP contribution is 2.16. The van der Waals surface area contributed by atoms with Crippen molar-refractivity contribution in [2.75, 3.05) is 5.32 Å². The first-order chi connectivity index (χ1) is 12.9. The molecule has 5 heteroatoms. The Balaban J connectivity index is 1.58. The lowest BCUT2D eigenvalue weighted by Crippen LogP contribution is -2.22. The van der Waals surface area contributed by atoms with Gasteiger partial charge >= 0.3 is 0 Å². The van der Waals surface area contributed by atoms with E-state index >= 15 is 0 Å². The Morgan fingerprint density at radius 1 is 0.852 bits per heavy atom. The molecule has 0 aliphatic heterocycles. The van der Waals surface area contributed by atoms with Crippen LogP contribution in [0.15, 0.2) is 59.0 Å². The van der Waals surface area contributed by atoms with Crippen molar-refractivity contribution in [3.63, 3.8) is 0 Å². The van der Waals surface area contributed by atoms with E-state index < -0.39 is 0 Å². The number of amides is 2. The molecule has 0 aliphatic rings. The third-order valence-electron chi connectivity index (χ3n) is 4.39. The fourth-order valence-electron chi connectivity index (χ4n) is 2.58. The van der Waals surface area contributed by atoms with Crippen LogP contribution in [0, 0.1) is 20.8 Å². The lowest BCUT2D eigenvalue weighted by molar-refractivity contribution is 0.0948. The average molecular weight is 362 g/mol. The zero-order chi connectivity index (χ0) is 19.4. The highest BCUT2D eigenvalue weighted by Gasteiger charge is 2.13. The second-order valence-corrected chi connectivity index (χ2v) is 6.57. The highest BCUT2D eigenvalue weighted by atomic mass is 16.4. The first-order valence-electron chi connectivity index (χ1n) is 8.74. The number of carbonyl (C=O) groups excluding carboxylic acids is 2. The van der Waals surface area contributed by atoms with Crippen LogP contribution in [0.4, 0.5) is 5.69 Å². The molecule has 0 atom stereocenters. The highest BCUT2D eigenvalue weighted by molar-refractivity contribution is 6.02. The molecule has 0 spiro atoms. The number of benzene rings is 2. The standard InChI is InChI=1S/C22H22N2O3/c1-14-4-7-17(8-5-14)21(25)23-13-19-10-11-20(27-19)22(26)24-18-9-6-15(2)16(3)12-18/h4-12H,13H2,1-3H3,(H,23,25)(H,24,26). The minimum absolute atomic E-state index is 0.187. The summed E-state index contributed by atoms with van der Waals surface area (Å²) in [5.74, 6) is 0.204. The van der Waals surface area contributed by atoms with Crippen LogP contribution in [0.2, 0.25) is 0 Å². The monoisotopic (exact) mass is 362 g/mol. The molecule has 0 saturated heterocycles. The molecule has 0 saturated carbocycles. The summed E-state index contributed by atoms with van der Waals surface area (Å²) in [5, 5.41) is 5.60. The summed E-state index contributed by atoms with van der Waals surface area (Å²) in [7, 11) is 0. The van der Waals surface area contributed by atoms with Gasteiger partial charge in [-0.2, -0.15) is 0 Å². The first-order valence-corrected chi connectivity index (χ1v) is 8.74. The normalized spacial score (nSPS) is 10.5. The van der Waals surface area contributed by atoms with Crippen molar-refractivity contribution in [3.8, 4) is 0 Å². The molecule has 2 aromatic carbocycles. The second-order valence-electron chi connectivity index (χ2n) is 6.57. The number of rotatable bonds is 5. The van der Waals surface area contributed by atoms with Crippen LogP contribution in [0.1, 0.15) is 43.4 Å². The smallest absolute Gasteiger partial charge is 0.291 e. The molecular formula is C22H22N2O3. The molecule has 2 N–H and O–H groups in total. The lowest BCUT2D eigenvalue weighted by Gasteiger charge is -2.06. The third-order valence-corrected chi connectivity index (χ3v) is 4.39. The van der Waals surface area contributed by atoms with E-state index in [9.17, 15) is 9.59 Å². The molecule has 1 aromatic heterocycles. The maximum Gasteiger partial charge on any atom is 0.291 e.